The van der Waals surface area contributed by atoms with E-state index in [-0.39, 0.29) is 5.91 Å². The fourth-order valence-electron chi connectivity index (χ4n) is 3.25. The number of nitrogens with two attached hydrogens (primary N) is 1. The molecule has 228 valence electrons. The number of aliphatic hydroxyl groups excluding tert-OH is 2. The van der Waals surface area contributed by atoms with E-state index >= 15 is 0 Å². The number of anilines is 4. The van der Waals surface area contributed by atoms with Gasteiger partial charge in [-0.05, 0) is 62.7 Å². The lowest BCUT2D eigenvalue weighted by Gasteiger charge is -2.19. The summed E-state index contributed by atoms with van der Waals surface area (Å²) in [5.41, 5.74) is 8.92. The molecule has 12 heteroatoms. The maximum absolute atomic E-state index is 11.5. The van der Waals surface area contributed by atoms with E-state index in [2.05, 4.69) is 20.6 Å². The van der Waals surface area contributed by atoms with E-state index in [0.29, 0.717) is 28.1 Å². The molecule has 0 saturated carbocycles. The van der Waals surface area contributed by atoms with Crippen molar-refractivity contribution < 1.29 is 24.6 Å². The molecular weight excluding hydrogens is 560 g/mol. The number of fused-ring (bicyclic) bond motifs is 1. The number of carbonyl (C=O) groups is 1. The van der Waals surface area contributed by atoms with Gasteiger partial charge in [0.15, 0.2) is 11.6 Å². The zero-order valence-corrected chi connectivity index (χ0v) is 26.0. The maximum atomic E-state index is 11.5. The zero-order valence-electron chi connectivity index (χ0n) is 25.3. The molecule has 1 heterocycles. The van der Waals surface area contributed by atoms with Gasteiger partial charge in [-0.1, -0.05) is 35.9 Å². The van der Waals surface area contributed by atoms with Crippen LogP contribution in [0.5, 0.6) is 5.75 Å². The summed E-state index contributed by atoms with van der Waals surface area (Å²) >= 11 is 6.28. The van der Waals surface area contributed by atoms with E-state index in [1.165, 1.54) is 5.06 Å². The first kappa shape index (κ1) is 36.0. The number of ether oxygens (including phenoxy) is 1. The summed E-state index contributed by atoms with van der Waals surface area (Å²) in [6.07, 6.45) is 0. The SMILES string of the molecule is CO.CO.COc1ccc(Cl)c(Nc2nc3ccccc3nc2N(C)OC)c1.Cc1cccc(NC(=O)C(C)(C)N)c1. The van der Waals surface area contributed by atoms with Gasteiger partial charge in [0.25, 0.3) is 0 Å². The van der Waals surface area contributed by atoms with Gasteiger partial charge >= 0.3 is 0 Å². The van der Waals surface area contributed by atoms with Gasteiger partial charge in [0, 0.05) is 33.0 Å². The topological polar surface area (TPSA) is 155 Å². The molecule has 0 atom stereocenters. The molecule has 11 nitrogen and oxygen atoms in total. The molecule has 0 aliphatic rings. The van der Waals surface area contributed by atoms with Crippen molar-refractivity contribution >= 4 is 51.6 Å². The van der Waals surface area contributed by atoms with Crippen LogP contribution in [-0.4, -0.2) is 67.1 Å². The minimum atomic E-state index is -0.844. The third kappa shape index (κ3) is 10.8. The molecule has 0 aliphatic heterocycles. The Labute approximate surface area is 252 Å². The predicted molar refractivity (Wildman–Crippen MR) is 171 cm³/mol. The van der Waals surface area contributed by atoms with Gasteiger partial charge < -0.3 is 31.3 Å². The van der Waals surface area contributed by atoms with Crippen LogP contribution in [0, 0.1) is 6.92 Å². The fraction of sp³-hybridized carbons (Fsp3) is 0.300. The molecule has 4 rings (SSSR count). The number of carbonyl (C=O) groups excluding carboxylic acids is 1. The number of aromatic nitrogens is 2. The lowest BCUT2D eigenvalue weighted by molar-refractivity contribution is -0.120. The van der Waals surface area contributed by atoms with Crippen LogP contribution in [-0.2, 0) is 9.63 Å². The van der Waals surface area contributed by atoms with Crippen molar-refractivity contribution in [2.24, 2.45) is 5.73 Å². The Bertz CT molecular complexity index is 1410. The highest BCUT2D eigenvalue weighted by molar-refractivity contribution is 6.33. The number of methoxy groups -OCH3 is 1. The first-order valence-corrected chi connectivity index (χ1v) is 13.1. The number of hydrogen-bond donors (Lipinski definition) is 5. The number of nitrogens with one attached hydrogen (secondary N) is 2. The van der Waals surface area contributed by atoms with Crippen LogP contribution in [0.2, 0.25) is 5.02 Å². The summed E-state index contributed by atoms with van der Waals surface area (Å²) in [6, 6.07) is 20.6. The largest absolute Gasteiger partial charge is 0.497 e. The lowest BCUT2D eigenvalue weighted by Crippen LogP contribution is -2.45. The second-order valence-electron chi connectivity index (χ2n) is 9.08. The number of benzene rings is 3. The Kier molecular flexibility index (Phi) is 15.2. The van der Waals surface area contributed by atoms with Crippen LogP contribution in [0.25, 0.3) is 11.0 Å². The van der Waals surface area contributed by atoms with Crippen molar-refractivity contribution in [1.82, 2.24) is 9.97 Å². The van der Waals surface area contributed by atoms with Gasteiger partial charge in [-0.25, -0.2) is 15.0 Å². The molecule has 0 saturated heterocycles. The number of hydrogen-bond acceptors (Lipinski definition) is 10. The third-order valence-corrected chi connectivity index (χ3v) is 5.74. The number of rotatable bonds is 7. The quantitative estimate of drug-likeness (QED) is 0.185. The number of halogens is 1. The molecular formula is C30H41ClN6O5. The number of amides is 1. The zero-order chi connectivity index (χ0) is 31.9. The second-order valence-corrected chi connectivity index (χ2v) is 9.49. The van der Waals surface area contributed by atoms with Gasteiger partial charge in [-0.15, -0.1) is 0 Å². The molecule has 0 bridgehead atoms. The normalized spacial score (nSPS) is 10.1. The van der Waals surface area contributed by atoms with Crippen molar-refractivity contribution in [3.8, 4) is 5.75 Å². The Morgan fingerprint density at radius 3 is 2.12 bits per heavy atom. The molecule has 0 fully saturated rings. The molecule has 3 aromatic carbocycles. The summed E-state index contributed by atoms with van der Waals surface area (Å²) in [4.78, 5) is 26.0. The highest BCUT2D eigenvalue weighted by Gasteiger charge is 2.21. The van der Waals surface area contributed by atoms with Crippen LogP contribution < -0.4 is 26.2 Å². The first-order valence-electron chi connectivity index (χ1n) is 12.7. The van der Waals surface area contributed by atoms with E-state index in [1.807, 2.05) is 55.5 Å². The molecule has 6 N–H and O–H groups in total. The van der Waals surface area contributed by atoms with Crippen LogP contribution in [0.3, 0.4) is 0 Å². The number of aliphatic hydroxyl groups is 2. The van der Waals surface area contributed by atoms with Gasteiger partial charge in [0.1, 0.15) is 5.75 Å². The molecule has 0 unspecified atom stereocenters. The first-order chi connectivity index (χ1) is 20.0. The Morgan fingerprint density at radius 1 is 0.952 bits per heavy atom. The second kappa shape index (κ2) is 17.7. The van der Waals surface area contributed by atoms with E-state index in [9.17, 15) is 4.79 Å². The molecule has 0 spiro atoms. The molecule has 1 amide bonds. The average molecular weight is 601 g/mol. The van der Waals surface area contributed by atoms with Crippen LogP contribution >= 0.6 is 11.6 Å². The minimum Gasteiger partial charge on any atom is -0.497 e. The van der Waals surface area contributed by atoms with Gasteiger partial charge in [0.2, 0.25) is 5.91 Å². The number of para-hydroxylation sites is 2. The third-order valence-electron chi connectivity index (χ3n) is 5.41. The molecule has 0 radical (unpaired) electrons. The lowest BCUT2D eigenvalue weighted by atomic mass is 10.1. The fourth-order valence-corrected chi connectivity index (χ4v) is 3.42. The number of nitrogens with zero attached hydrogens (tertiary/aromatic N) is 3. The van der Waals surface area contributed by atoms with Crippen molar-refractivity contribution in [3.05, 3.63) is 77.3 Å². The molecule has 42 heavy (non-hydrogen) atoms. The highest BCUT2D eigenvalue weighted by atomic mass is 35.5. The average Bonchev–Trinajstić information content (AvgIpc) is 2.99. The van der Waals surface area contributed by atoms with Crippen LogP contribution in [0.4, 0.5) is 23.0 Å². The summed E-state index contributed by atoms with van der Waals surface area (Å²) in [7, 11) is 6.93. The Morgan fingerprint density at radius 2 is 1.57 bits per heavy atom. The van der Waals surface area contributed by atoms with Crippen molar-refractivity contribution in [2.75, 3.05) is 51.2 Å². The van der Waals surface area contributed by atoms with E-state index in [4.69, 9.17) is 37.1 Å². The predicted octanol–water partition coefficient (Wildman–Crippen LogP) is 4.92. The minimum absolute atomic E-state index is 0.178. The summed E-state index contributed by atoms with van der Waals surface area (Å²) in [5.74, 6) is 1.60. The molecule has 0 aliphatic carbocycles. The van der Waals surface area contributed by atoms with Gasteiger partial charge in [-0.2, -0.15) is 0 Å². The Hall–Kier alpha value is -4.00. The van der Waals surface area contributed by atoms with Crippen molar-refractivity contribution in [1.29, 1.82) is 0 Å². The van der Waals surface area contributed by atoms with Crippen LogP contribution in [0.1, 0.15) is 19.4 Å². The summed E-state index contributed by atoms with van der Waals surface area (Å²) < 4.78 is 5.25. The summed E-state index contributed by atoms with van der Waals surface area (Å²) in [6.45, 7) is 5.33. The van der Waals surface area contributed by atoms with Crippen molar-refractivity contribution in [2.45, 2.75) is 26.3 Å². The molecule has 1 aromatic heterocycles. The smallest absolute Gasteiger partial charge is 0.243 e. The van der Waals surface area contributed by atoms with E-state index in [0.717, 1.165) is 36.5 Å². The molecule has 4 aromatic rings. The van der Waals surface area contributed by atoms with Crippen molar-refractivity contribution in [3.63, 3.8) is 0 Å². The van der Waals surface area contributed by atoms with E-state index in [1.54, 1.807) is 53.3 Å². The number of aryl methyl sites for hydroxylation is 1. The van der Waals surface area contributed by atoms with Gasteiger partial charge in [-0.3, -0.25) is 9.63 Å². The van der Waals surface area contributed by atoms with Gasteiger partial charge in [0.05, 0.1) is 41.5 Å². The summed E-state index contributed by atoms with van der Waals surface area (Å²) in [5, 5.41) is 22.1. The van der Waals surface area contributed by atoms with E-state index < -0.39 is 5.54 Å². The Balaban J connectivity index is 0.000000419. The van der Waals surface area contributed by atoms with Crippen LogP contribution in [0.15, 0.2) is 66.7 Å². The maximum Gasteiger partial charge on any atom is 0.243 e. The number of hydroxylamine groups is 1. The monoisotopic (exact) mass is 600 g/mol. The highest BCUT2D eigenvalue weighted by Crippen LogP contribution is 2.32. The standard InChI is InChI=1S/C17H17ClN4O2.C11H16N2O.2CH4O/c1-22(24-3)17-16(19-13-6-4-5-7-14(13)21-17)20-15-10-11(23-2)8-9-12(15)18;1-8-5-4-6-9(7-8)13-10(14)11(2,3)12;2*1-2/h4-10H,1-3H3,(H,19,20);4-7H,12H2,1-3H3,(H,13,14);2*2H,1H3.